The summed E-state index contributed by atoms with van der Waals surface area (Å²) in [6.07, 6.45) is 1.74. The van der Waals surface area contributed by atoms with Crippen LogP contribution in [0, 0.1) is 6.92 Å². The Hall–Kier alpha value is -2.02. The van der Waals surface area contributed by atoms with Gasteiger partial charge in [-0.1, -0.05) is 23.2 Å². The predicted molar refractivity (Wildman–Crippen MR) is 100 cm³/mol. The first-order valence-corrected chi connectivity index (χ1v) is 8.94. The van der Waals surface area contributed by atoms with Crippen LogP contribution in [-0.4, -0.2) is 28.3 Å². The molecule has 1 atom stereocenters. The summed E-state index contributed by atoms with van der Waals surface area (Å²) in [4.78, 5) is 25.4. The van der Waals surface area contributed by atoms with E-state index in [2.05, 4.69) is 5.32 Å². The van der Waals surface area contributed by atoms with Gasteiger partial charge in [-0.25, -0.2) is 0 Å². The number of carbonyl (C=O) groups is 1. The molecule has 2 heterocycles. The highest BCUT2D eigenvalue weighted by molar-refractivity contribution is 6.42. The Labute approximate surface area is 160 Å². The maximum atomic E-state index is 12.8. The molecule has 0 radical (unpaired) electrons. The van der Waals surface area contributed by atoms with Crippen molar-refractivity contribution in [3.05, 3.63) is 55.9 Å². The normalized spacial score (nSPS) is 16.7. The molecule has 26 heavy (non-hydrogen) atoms. The van der Waals surface area contributed by atoms with Crippen molar-refractivity contribution in [2.45, 2.75) is 32.4 Å². The van der Waals surface area contributed by atoms with Gasteiger partial charge in [-0.2, -0.15) is 0 Å². The first-order valence-electron chi connectivity index (χ1n) is 8.18. The molecule has 138 valence electrons. The smallest absolute Gasteiger partial charge is 0.267 e. The Morgan fingerprint density at radius 2 is 2.12 bits per heavy atom. The lowest BCUT2D eigenvalue weighted by Gasteiger charge is -2.17. The van der Waals surface area contributed by atoms with Crippen LogP contribution in [0.5, 0.6) is 5.75 Å². The maximum absolute atomic E-state index is 12.8. The molecule has 2 aromatic rings. The predicted octanol–water partition coefficient (Wildman–Crippen LogP) is 3.60. The van der Waals surface area contributed by atoms with Crippen LogP contribution in [-0.2, 0) is 11.3 Å². The fourth-order valence-corrected chi connectivity index (χ4v) is 3.25. The van der Waals surface area contributed by atoms with Crippen LogP contribution in [0.2, 0.25) is 10.0 Å². The number of halogens is 2. The Bertz CT molecular complexity index is 905. The maximum Gasteiger partial charge on any atom is 0.267 e. The van der Waals surface area contributed by atoms with Crippen LogP contribution in [0.3, 0.4) is 0 Å². The summed E-state index contributed by atoms with van der Waals surface area (Å²) in [5, 5.41) is 13.3. The summed E-state index contributed by atoms with van der Waals surface area (Å²) in [7, 11) is 0. The number of hydrogen-bond donors (Lipinski definition) is 2. The van der Waals surface area contributed by atoms with E-state index in [0.717, 1.165) is 12.8 Å². The minimum Gasteiger partial charge on any atom is -0.507 e. The van der Waals surface area contributed by atoms with Crippen LogP contribution in [0.1, 0.15) is 28.9 Å². The monoisotopic (exact) mass is 396 g/mol. The number of nitrogens with zero attached hydrogens (tertiary/aromatic N) is 1. The number of nitrogens with one attached hydrogen (secondary N) is 1. The number of anilines is 1. The Morgan fingerprint density at radius 1 is 1.35 bits per heavy atom. The quantitative estimate of drug-likeness (QED) is 0.826. The molecule has 8 heteroatoms. The molecule has 0 aliphatic carbocycles. The Kier molecular flexibility index (Phi) is 5.55. The SMILES string of the molecule is Cc1cc(O)c(C(=O)Nc2ccc(Cl)c(Cl)c2)c(=O)n1CC1CCCO1. The van der Waals surface area contributed by atoms with E-state index in [4.69, 9.17) is 27.9 Å². The molecule has 0 saturated carbocycles. The lowest BCUT2D eigenvalue weighted by atomic mass is 10.1. The van der Waals surface area contributed by atoms with Crippen LogP contribution >= 0.6 is 23.2 Å². The molecule has 1 fully saturated rings. The van der Waals surface area contributed by atoms with Crippen molar-refractivity contribution in [3.63, 3.8) is 0 Å². The van der Waals surface area contributed by atoms with Crippen LogP contribution < -0.4 is 10.9 Å². The second-order valence-electron chi connectivity index (χ2n) is 6.18. The van der Waals surface area contributed by atoms with Crippen molar-refractivity contribution in [2.24, 2.45) is 0 Å². The number of aromatic hydroxyl groups is 1. The van der Waals surface area contributed by atoms with Crippen LogP contribution in [0.15, 0.2) is 29.1 Å². The first-order chi connectivity index (χ1) is 12.4. The highest BCUT2D eigenvalue weighted by Crippen LogP contribution is 2.26. The molecule has 1 aromatic carbocycles. The van der Waals surface area contributed by atoms with Crippen LogP contribution in [0.25, 0.3) is 0 Å². The number of hydrogen-bond acceptors (Lipinski definition) is 4. The number of aromatic nitrogens is 1. The van der Waals surface area contributed by atoms with Gasteiger partial charge in [0.1, 0.15) is 11.3 Å². The molecule has 1 unspecified atom stereocenters. The van der Waals surface area contributed by atoms with E-state index in [-0.39, 0.29) is 22.4 Å². The van der Waals surface area contributed by atoms with Crippen molar-refractivity contribution < 1.29 is 14.6 Å². The van der Waals surface area contributed by atoms with E-state index in [1.807, 2.05) is 0 Å². The minimum atomic E-state index is -0.716. The highest BCUT2D eigenvalue weighted by Gasteiger charge is 2.23. The van der Waals surface area contributed by atoms with Crippen molar-refractivity contribution in [2.75, 3.05) is 11.9 Å². The van der Waals surface area contributed by atoms with Crippen molar-refractivity contribution in [3.8, 4) is 5.75 Å². The zero-order valence-electron chi connectivity index (χ0n) is 14.1. The standard InChI is InChI=1S/C18H18Cl2N2O4/c1-10-7-15(23)16(18(25)22(10)9-12-3-2-6-26-12)17(24)21-11-4-5-13(19)14(20)8-11/h4-5,7-8,12,23H,2-3,6,9H2,1H3,(H,21,24). The molecule has 1 saturated heterocycles. The zero-order chi connectivity index (χ0) is 18.8. The average molecular weight is 397 g/mol. The number of amides is 1. The minimum absolute atomic E-state index is 0.0677. The summed E-state index contributed by atoms with van der Waals surface area (Å²) < 4.78 is 7.03. The van der Waals surface area contributed by atoms with Gasteiger partial charge in [-0.15, -0.1) is 0 Å². The third-order valence-corrected chi connectivity index (χ3v) is 5.04. The van der Waals surface area contributed by atoms with Gasteiger partial charge in [0.15, 0.2) is 0 Å². The molecule has 2 N–H and O–H groups in total. The number of benzene rings is 1. The van der Waals surface area contributed by atoms with Gasteiger partial charge in [0.05, 0.1) is 22.7 Å². The third-order valence-electron chi connectivity index (χ3n) is 4.30. The summed E-state index contributed by atoms with van der Waals surface area (Å²) in [6.45, 7) is 2.72. The number of pyridine rings is 1. The van der Waals surface area contributed by atoms with Gasteiger partial charge in [-0.3, -0.25) is 9.59 Å². The number of aryl methyl sites for hydroxylation is 1. The van der Waals surface area contributed by atoms with Crippen LogP contribution in [0.4, 0.5) is 5.69 Å². The van der Waals surface area contributed by atoms with Crippen molar-refractivity contribution in [1.82, 2.24) is 4.57 Å². The molecular weight excluding hydrogens is 379 g/mol. The molecule has 1 aromatic heterocycles. The van der Waals surface area contributed by atoms with Crippen molar-refractivity contribution >= 4 is 34.8 Å². The Balaban J connectivity index is 1.91. The molecule has 0 spiro atoms. The number of rotatable bonds is 4. The second kappa shape index (κ2) is 7.70. The Morgan fingerprint density at radius 3 is 2.77 bits per heavy atom. The van der Waals surface area contributed by atoms with Gasteiger partial charge < -0.3 is 19.7 Å². The van der Waals surface area contributed by atoms with Gasteiger partial charge in [0.2, 0.25) is 0 Å². The molecular formula is C18H18Cl2N2O4. The third kappa shape index (κ3) is 3.87. The molecule has 1 aliphatic heterocycles. The fraction of sp³-hybridized carbons (Fsp3) is 0.333. The molecule has 1 amide bonds. The summed E-state index contributed by atoms with van der Waals surface area (Å²) >= 11 is 11.8. The van der Waals surface area contributed by atoms with Gasteiger partial charge in [0.25, 0.3) is 11.5 Å². The van der Waals surface area contributed by atoms with Gasteiger partial charge in [0, 0.05) is 24.1 Å². The van der Waals surface area contributed by atoms with Crippen molar-refractivity contribution in [1.29, 1.82) is 0 Å². The zero-order valence-corrected chi connectivity index (χ0v) is 15.6. The fourth-order valence-electron chi connectivity index (χ4n) is 2.95. The largest absolute Gasteiger partial charge is 0.507 e. The summed E-state index contributed by atoms with van der Waals surface area (Å²) in [6, 6.07) is 5.96. The molecule has 1 aliphatic rings. The number of carbonyl (C=O) groups excluding carboxylic acids is 1. The van der Waals surface area contributed by atoms with E-state index < -0.39 is 11.5 Å². The van der Waals surface area contributed by atoms with Gasteiger partial charge >= 0.3 is 0 Å². The lowest BCUT2D eigenvalue weighted by Crippen LogP contribution is -2.33. The molecule has 6 nitrogen and oxygen atoms in total. The van der Waals surface area contributed by atoms with E-state index in [1.54, 1.807) is 13.0 Å². The van der Waals surface area contributed by atoms with E-state index in [0.29, 0.717) is 29.6 Å². The lowest BCUT2D eigenvalue weighted by molar-refractivity contribution is 0.0946. The summed E-state index contributed by atoms with van der Waals surface area (Å²) in [5.41, 5.74) is 0.0544. The first kappa shape index (κ1) is 18.8. The average Bonchev–Trinajstić information content (AvgIpc) is 3.08. The van der Waals surface area contributed by atoms with E-state index in [9.17, 15) is 14.7 Å². The highest BCUT2D eigenvalue weighted by atomic mass is 35.5. The molecule has 3 rings (SSSR count). The molecule has 0 bridgehead atoms. The van der Waals surface area contributed by atoms with E-state index in [1.165, 1.54) is 22.8 Å². The number of ether oxygens (including phenoxy) is 1. The topological polar surface area (TPSA) is 80.6 Å². The summed E-state index contributed by atoms with van der Waals surface area (Å²) in [5.74, 6) is -1.08. The van der Waals surface area contributed by atoms with Gasteiger partial charge in [-0.05, 0) is 38.0 Å². The van der Waals surface area contributed by atoms with E-state index >= 15 is 0 Å². The second-order valence-corrected chi connectivity index (χ2v) is 6.99.